The fraction of sp³-hybridized carbons (Fsp3) is 0. The molecule has 0 aliphatic rings. The molecule has 0 radical (unpaired) electrons. The Balaban J connectivity index is 1.28. The summed E-state index contributed by atoms with van der Waals surface area (Å²) in [6.45, 7) is 0. The molecule has 9 rings (SSSR count). The molecule has 0 aliphatic carbocycles. The molecule has 0 saturated carbocycles. The van der Waals surface area contributed by atoms with E-state index in [1.807, 2.05) is 36.4 Å². The Kier molecular flexibility index (Phi) is 5.20. The van der Waals surface area contributed by atoms with Gasteiger partial charge in [-0.15, -0.1) is 0 Å². The van der Waals surface area contributed by atoms with E-state index in [-0.39, 0.29) is 0 Å². The zero-order valence-electron chi connectivity index (χ0n) is 23.2. The second-order valence-electron chi connectivity index (χ2n) is 11.0. The highest BCUT2D eigenvalue weighted by Gasteiger charge is 2.15. The molecular weight excluding hydrogens is 524 g/mol. The molecule has 43 heavy (non-hydrogen) atoms. The van der Waals surface area contributed by atoms with Crippen LogP contribution >= 0.6 is 0 Å². The predicted molar refractivity (Wildman–Crippen MR) is 178 cm³/mol. The number of benzene rings is 7. The lowest BCUT2D eigenvalue weighted by atomic mass is 9.94. The Labute approximate surface area is 247 Å². The number of rotatable bonds is 3. The summed E-state index contributed by atoms with van der Waals surface area (Å²) >= 11 is 0. The van der Waals surface area contributed by atoms with Crippen molar-refractivity contribution in [2.24, 2.45) is 0 Å². The van der Waals surface area contributed by atoms with Crippen LogP contribution in [-0.4, -0.2) is 9.97 Å². The first kappa shape index (κ1) is 23.9. The van der Waals surface area contributed by atoms with Crippen LogP contribution in [0.25, 0.3) is 88.2 Å². The van der Waals surface area contributed by atoms with Gasteiger partial charge in [-0.05, 0) is 68.7 Å². The summed E-state index contributed by atoms with van der Waals surface area (Å²) in [4.78, 5) is 10.2. The lowest BCUT2D eigenvalue weighted by Crippen LogP contribution is -1.96. The number of fused-ring (bicyclic) bond motifs is 7. The van der Waals surface area contributed by atoms with Crippen LogP contribution in [0.15, 0.2) is 150 Å². The van der Waals surface area contributed by atoms with E-state index in [1.165, 1.54) is 32.3 Å². The molecule has 0 spiro atoms. The third-order valence-corrected chi connectivity index (χ3v) is 8.45. The SMILES string of the molecule is c1ccc(-c2nc(-c3ccc4c(c3)oc3ccccc34)cc(-c3cccc4c3ccc3cc5ccccc5cc34)n2)cc1. The van der Waals surface area contributed by atoms with Crippen molar-refractivity contribution >= 4 is 54.3 Å². The van der Waals surface area contributed by atoms with E-state index >= 15 is 0 Å². The summed E-state index contributed by atoms with van der Waals surface area (Å²) in [5.74, 6) is 0.696. The maximum Gasteiger partial charge on any atom is 0.160 e. The van der Waals surface area contributed by atoms with Crippen LogP contribution in [0.1, 0.15) is 0 Å². The van der Waals surface area contributed by atoms with Crippen molar-refractivity contribution in [1.29, 1.82) is 0 Å². The Morgan fingerprint density at radius 3 is 2.00 bits per heavy atom. The number of hydrogen-bond acceptors (Lipinski definition) is 3. The van der Waals surface area contributed by atoms with Crippen LogP contribution in [0.4, 0.5) is 0 Å². The first-order valence-corrected chi connectivity index (χ1v) is 14.5. The van der Waals surface area contributed by atoms with Gasteiger partial charge in [0, 0.05) is 27.5 Å². The minimum atomic E-state index is 0.696. The fourth-order valence-corrected chi connectivity index (χ4v) is 6.34. The van der Waals surface area contributed by atoms with Gasteiger partial charge in [0.15, 0.2) is 5.82 Å². The van der Waals surface area contributed by atoms with E-state index in [2.05, 4.69) is 109 Å². The summed E-state index contributed by atoms with van der Waals surface area (Å²) in [5, 5.41) is 9.57. The first-order valence-electron chi connectivity index (χ1n) is 14.5. The second-order valence-corrected chi connectivity index (χ2v) is 11.0. The van der Waals surface area contributed by atoms with Gasteiger partial charge in [0.1, 0.15) is 11.2 Å². The number of aromatic nitrogens is 2. The van der Waals surface area contributed by atoms with Crippen LogP contribution < -0.4 is 0 Å². The Hall–Kier alpha value is -5.80. The van der Waals surface area contributed by atoms with Gasteiger partial charge in [-0.1, -0.05) is 109 Å². The molecule has 3 heteroatoms. The van der Waals surface area contributed by atoms with Gasteiger partial charge in [0.2, 0.25) is 0 Å². The molecular formula is C40H24N2O. The van der Waals surface area contributed by atoms with Gasteiger partial charge in [-0.2, -0.15) is 0 Å². The minimum absolute atomic E-state index is 0.696. The molecule has 0 saturated heterocycles. The molecule has 2 aromatic heterocycles. The Bertz CT molecular complexity index is 2510. The highest BCUT2D eigenvalue weighted by molar-refractivity contribution is 6.15. The van der Waals surface area contributed by atoms with Crippen molar-refractivity contribution in [2.45, 2.75) is 0 Å². The molecule has 0 fully saturated rings. The van der Waals surface area contributed by atoms with Crippen molar-refractivity contribution in [3.05, 3.63) is 146 Å². The van der Waals surface area contributed by atoms with Gasteiger partial charge >= 0.3 is 0 Å². The Morgan fingerprint density at radius 1 is 0.372 bits per heavy atom. The predicted octanol–water partition coefficient (Wildman–Crippen LogP) is 10.8. The Morgan fingerprint density at radius 2 is 1.09 bits per heavy atom. The van der Waals surface area contributed by atoms with Crippen LogP contribution in [0.3, 0.4) is 0 Å². The average Bonchev–Trinajstić information content (AvgIpc) is 3.45. The van der Waals surface area contributed by atoms with E-state index < -0.39 is 0 Å². The molecule has 9 aromatic rings. The van der Waals surface area contributed by atoms with Gasteiger partial charge < -0.3 is 4.42 Å². The highest BCUT2D eigenvalue weighted by Crippen LogP contribution is 2.37. The number of para-hydroxylation sites is 1. The standard InChI is InChI=1S/C40H24N2O/c1-2-9-25(10-3-1)40-41-36(29-18-20-34-33-13-6-7-16-38(33)43-39(34)23-29)24-37(42-40)32-15-8-14-30-31(32)19-17-28-21-26-11-4-5-12-27(26)22-35(28)30/h1-24H. The number of furan rings is 1. The quantitative estimate of drug-likeness (QED) is 0.163. The topological polar surface area (TPSA) is 38.9 Å². The lowest BCUT2D eigenvalue weighted by molar-refractivity contribution is 0.669. The fourth-order valence-electron chi connectivity index (χ4n) is 6.34. The van der Waals surface area contributed by atoms with Crippen LogP contribution in [0.2, 0.25) is 0 Å². The highest BCUT2D eigenvalue weighted by atomic mass is 16.3. The maximum atomic E-state index is 6.23. The van der Waals surface area contributed by atoms with E-state index in [9.17, 15) is 0 Å². The van der Waals surface area contributed by atoms with Crippen molar-refractivity contribution in [3.8, 4) is 33.9 Å². The molecule has 3 nitrogen and oxygen atoms in total. The van der Waals surface area contributed by atoms with Crippen molar-refractivity contribution in [3.63, 3.8) is 0 Å². The second kappa shape index (κ2) is 9.37. The zero-order valence-corrected chi connectivity index (χ0v) is 23.2. The normalized spacial score (nSPS) is 11.7. The molecule has 0 bridgehead atoms. The summed E-state index contributed by atoms with van der Waals surface area (Å²) in [7, 11) is 0. The largest absolute Gasteiger partial charge is 0.456 e. The summed E-state index contributed by atoms with van der Waals surface area (Å²) in [5.41, 5.74) is 6.53. The van der Waals surface area contributed by atoms with Crippen molar-refractivity contribution in [1.82, 2.24) is 9.97 Å². The third kappa shape index (κ3) is 3.90. The van der Waals surface area contributed by atoms with E-state index in [0.717, 1.165) is 50.0 Å². The van der Waals surface area contributed by atoms with Crippen molar-refractivity contribution < 1.29 is 4.42 Å². The molecule has 0 unspecified atom stereocenters. The van der Waals surface area contributed by atoms with E-state index in [0.29, 0.717) is 5.82 Å². The summed E-state index contributed by atoms with van der Waals surface area (Å²) in [6, 6.07) is 50.9. The lowest BCUT2D eigenvalue weighted by Gasteiger charge is -2.13. The monoisotopic (exact) mass is 548 g/mol. The maximum absolute atomic E-state index is 6.23. The van der Waals surface area contributed by atoms with Gasteiger partial charge in [0.05, 0.1) is 11.4 Å². The zero-order chi connectivity index (χ0) is 28.3. The van der Waals surface area contributed by atoms with Crippen molar-refractivity contribution in [2.75, 3.05) is 0 Å². The molecule has 0 N–H and O–H groups in total. The van der Waals surface area contributed by atoms with Gasteiger partial charge in [-0.25, -0.2) is 9.97 Å². The van der Waals surface area contributed by atoms with Gasteiger partial charge in [-0.3, -0.25) is 0 Å². The van der Waals surface area contributed by atoms with Crippen LogP contribution in [0, 0.1) is 0 Å². The number of hydrogen-bond donors (Lipinski definition) is 0. The third-order valence-electron chi connectivity index (χ3n) is 8.45. The molecule has 2 heterocycles. The average molecular weight is 549 g/mol. The van der Waals surface area contributed by atoms with E-state index in [1.54, 1.807) is 0 Å². The summed E-state index contributed by atoms with van der Waals surface area (Å²) in [6.07, 6.45) is 0. The smallest absolute Gasteiger partial charge is 0.160 e. The molecule has 0 atom stereocenters. The molecule has 0 amide bonds. The number of nitrogens with zero attached hydrogens (tertiary/aromatic N) is 2. The van der Waals surface area contributed by atoms with Crippen LogP contribution in [0.5, 0.6) is 0 Å². The first-order chi connectivity index (χ1) is 21.3. The van der Waals surface area contributed by atoms with E-state index in [4.69, 9.17) is 14.4 Å². The van der Waals surface area contributed by atoms with Gasteiger partial charge in [0.25, 0.3) is 0 Å². The summed E-state index contributed by atoms with van der Waals surface area (Å²) < 4.78 is 6.23. The molecule has 0 aliphatic heterocycles. The van der Waals surface area contributed by atoms with Crippen LogP contribution in [-0.2, 0) is 0 Å². The molecule has 200 valence electrons. The minimum Gasteiger partial charge on any atom is -0.456 e. The molecule has 7 aromatic carbocycles.